The van der Waals surface area contributed by atoms with Crippen LogP contribution in [0.5, 0.6) is 5.75 Å². The van der Waals surface area contributed by atoms with Crippen LogP contribution in [0.25, 0.3) is 0 Å². The maximum Gasteiger partial charge on any atom is 0.338 e. The van der Waals surface area contributed by atoms with Gasteiger partial charge in [0.2, 0.25) is 0 Å². The highest BCUT2D eigenvalue weighted by atomic mass is 16.5. The second-order valence-corrected chi connectivity index (χ2v) is 6.84. The fraction of sp³-hybridized carbons (Fsp3) is 0.556. The Bertz CT molecular complexity index is 602. The molecular formula is C18H25NO5. The average Bonchev–Trinajstić information content (AvgIpc) is 2.49. The highest BCUT2D eigenvalue weighted by Gasteiger charge is 2.20. The molecule has 0 aliphatic heterocycles. The SMILES string of the molecule is COC(=O)c1cc(OCC2CCC2)cc(C(=O)NCC(C)(C)O)c1. The number of amides is 1. The summed E-state index contributed by atoms with van der Waals surface area (Å²) in [6, 6.07) is 4.64. The molecule has 0 bridgehead atoms. The second-order valence-electron chi connectivity index (χ2n) is 6.84. The third-order valence-electron chi connectivity index (χ3n) is 3.98. The maximum atomic E-state index is 12.3. The van der Waals surface area contributed by atoms with Gasteiger partial charge in [-0.15, -0.1) is 0 Å². The van der Waals surface area contributed by atoms with Gasteiger partial charge in [0, 0.05) is 12.1 Å². The number of hydrogen-bond donors (Lipinski definition) is 2. The molecule has 2 N–H and O–H groups in total. The Kier molecular flexibility index (Phi) is 5.83. The molecule has 132 valence electrons. The number of rotatable bonds is 7. The van der Waals surface area contributed by atoms with Crippen molar-refractivity contribution in [2.75, 3.05) is 20.3 Å². The molecule has 6 nitrogen and oxygen atoms in total. The lowest BCUT2D eigenvalue weighted by Gasteiger charge is -2.25. The Morgan fingerprint density at radius 2 is 1.92 bits per heavy atom. The van der Waals surface area contributed by atoms with Gasteiger partial charge in [0.05, 0.1) is 24.9 Å². The van der Waals surface area contributed by atoms with Crippen molar-refractivity contribution < 1.29 is 24.2 Å². The van der Waals surface area contributed by atoms with Crippen LogP contribution in [0.15, 0.2) is 18.2 Å². The molecule has 1 fully saturated rings. The number of ether oxygens (including phenoxy) is 2. The first-order chi connectivity index (χ1) is 11.3. The van der Waals surface area contributed by atoms with E-state index in [2.05, 4.69) is 5.32 Å². The second kappa shape index (κ2) is 7.66. The van der Waals surface area contributed by atoms with Crippen LogP contribution in [-0.4, -0.2) is 42.8 Å². The van der Waals surface area contributed by atoms with Gasteiger partial charge >= 0.3 is 5.97 Å². The van der Waals surface area contributed by atoms with E-state index in [9.17, 15) is 14.7 Å². The largest absolute Gasteiger partial charge is 0.493 e. The molecule has 1 aromatic carbocycles. The summed E-state index contributed by atoms with van der Waals surface area (Å²) in [6.07, 6.45) is 3.52. The van der Waals surface area contributed by atoms with Gasteiger partial charge < -0.3 is 19.9 Å². The van der Waals surface area contributed by atoms with E-state index in [-0.39, 0.29) is 18.0 Å². The molecule has 6 heteroatoms. The van der Waals surface area contributed by atoms with Crippen molar-refractivity contribution in [1.82, 2.24) is 5.32 Å². The molecule has 0 spiro atoms. The fourth-order valence-corrected chi connectivity index (χ4v) is 2.32. The summed E-state index contributed by atoms with van der Waals surface area (Å²) < 4.78 is 10.5. The topological polar surface area (TPSA) is 84.9 Å². The van der Waals surface area contributed by atoms with E-state index >= 15 is 0 Å². The van der Waals surface area contributed by atoms with Crippen molar-refractivity contribution in [2.24, 2.45) is 5.92 Å². The molecule has 0 atom stereocenters. The lowest BCUT2D eigenvalue weighted by Crippen LogP contribution is -2.38. The average molecular weight is 335 g/mol. The van der Waals surface area contributed by atoms with Crippen LogP contribution in [0.1, 0.15) is 53.8 Å². The Morgan fingerprint density at radius 3 is 2.46 bits per heavy atom. The van der Waals surface area contributed by atoms with Gasteiger partial charge in [-0.2, -0.15) is 0 Å². The molecule has 0 radical (unpaired) electrons. The summed E-state index contributed by atoms with van der Waals surface area (Å²) in [4.78, 5) is 24.1. The molecule has 1 aromatic rings. The summed E-state index contributed by atoms with van der Waals surface area (Å²) in [6.45, 7) is 3.89. The number of carbonyl (C=O) groups excluding carboxylic acids is 2. The maximum absolute atomic E-state index is 12.3. The Balaban J connectivity index is 2.14. The van der Waals surface area contributed by atoms with Gasteiger partial charge in [-0.1, -0.05) is 6.42 Å². The quantitative estimate of drug-likeness (QED) is 0.746. The summed E-state index contributed by atoms with van der Waals surface area (Å²) in [5.41, 5.74) is -0.457. The molecule has 0 unspecified atom stereocenters. The lowest BCUT2D eigenvalue weighted by atomic mass is 9.86. The van der Waals surface area contributed by atoms with Crippen molar-refractivity contribution in [3.8, 4) is 5.75 Å². The number of carbonyl (C=O) groups is 2. The minimum absolute atomic E-state index is 0.104. The van der Waals surface area contributed by atoms with E-state index in [1.54, 1.807) is 26.0 Å². The molecule has 1 aliphatic rings. The summed E-state index contributed by atoms with van der Waals surface area (Å²) in [5.74, 6) is 0.106. The van der Waals surface area contributed by atoms with E-state index in [1.165, 1.54) is 19.6 Å². The van der Waals surface area contributed by atoms with Crippen LogP contribution in [0.4, 0.5) is 0 Å². The molecule has 0 aromatic heterocycles. The zero-order valence-corrected chi connectivity index (χ0v) is 14.4. The minimum atomic E-state index is -1.01. The fourth-order valence-electron chi connectivity index (χ4n) is 2.32. The van der Waals surface area contributed by atoms with Gasteiger partial charge in [0.15, 0.2) is 0 Å². The first-order valence-electron chi connectivity index (χ1n) is 8.15. The normalized spacial score (nSPS) is 14.7. The van der Waals surface area contributed by atoms with Crippen molar-refractivity contribution >= 4 is 11.9 Å². The zero-order chi connectivity index (χ0) is 17.7. The van der Waals surface area contributed by atoms with Crippen LogP contribution in [-0.2, 0) is 4.74 Å². The Labute approximate surface area is 142 Å². The first kappa shape index (κ1) is 18.3. The van der Waals surface area contributed by atoms with Crippen molar-refractivity contribution in [1.29, 1.82) is 0 Å². The molecule has 0 saturated heterocycles. The predicted octanol–water partition coefficient (Wildman–Crippen LogP) is 2.15. The molecule has 1 aliphatic carbocycles. The van der Waals surface area contributed by atoms with E-state index in [0.29, 0.717) is 23.8 Å². The molecule has 0 heterocycles. The van der Waals surface area contributed by atoms with Gasteiger partial charge in [-0.3, -0.25) is 4.79 Å². The molecule has 1 saturated carbocycles. The lowest BCUT2D eigenvalue weighted by molar-refractivity contribution is 0.0599. The number of methoxy groups -OCH3 is 1. The molecule has 24 heavy (non-hydrogen) atoms. The highest BCUT2D eigenvalue weighted by molar-refractivity contribution is 5.98. The zero-order valence-electron chi connectivity index (χ0n) is 14.4. The molecule has 1 amide bonds. The Hall–Kier alpha value is -2.08. The van der Waals surface area contributed by atoms with Crippen LogP contribution in [0, 0.1) is 5.92 Å². The van der Waals surface area contributed by atoms with Crippen LogP contribution < -0.4 is 10.1 Å². The van der Waals surface area contributed by atoms with Gasteiger partial charge in [0.25, 0.3) is 5.91 Å². The van der Waals surface area contributed by atoms with Gasteiger partial charge in [0.1, 0.15) is 5.75 Å². The number of hydrogen-bond acceptors (Lipinski definition) is 5. The van der Waals surface area contributed by atoms with Gasteiger partial charge in [-0.25, -0.2) is 4.79 Å². The Morgan fingerprint density at radius 1 is 1.25 bits per heavy atom. The summed E-state index contributed by atoms with van der Waals surface area (Å²) in [7, 11) is 1.29. The third-order valence-corrected chi connectivity index (χ3v) is 3.98. The van der Waals surface area contributed by atoms with E-state index in [0.717, 1.165) is 12.8 Å². The van der Waals surface area contributed by atoms with E-state index < -0.39 is 11.6 Å². The van der Waals surface area contributed by atoms with Crippen molar-refractivity contribution in [3.05, 3.63) is 29.3 Å². The number of esters is 1. The number of nitrogens with one attached hydrogen (secondary N) is 1. The van der Waals surface area contributed by atoms with Gasteiger partial charge in [-0.05, 0) is 50.8 Å². The van der Waals surface area contributed by atoms with Crippen LogP contribution in [0.3, 0.4) is 0 Å². The van der Waals surface area contributed by atoms with E-state index in [1.807, 2.05) is 0 Å². The standard InChI is InChI=1S/C18H25NO5/c1-18(2,22)11-19-16(20)13-7-14(17(21)23-3)9-15(8-13)24-10-12-5-4-6-12/h7-9,12,22H,4-6,10-11H2,1-3H3,(H,19,20). The number of aliphatic hydroxyl groups is 1. The van der Waals surface area contributed by atoms with Crippen LogP contribution >= 0.6 is 0 Å². The smallest absolute Gasteiger partial charge is 0.338 e. The minimum Gasteiger partial charge on any atom is -0.493 e. The van der Waals surface area contributed by atoms with Crippen molar-refractivity contribution in [3.63, 3.8) is 0 Å². The summed E-state index contributed by atoms with van der Waals surface area (Å²) >= 11 is 0. The first-order valence-corrected chi connectivity index (χ1v) is 8.15. The molecule has 2 rings (SSSR count). The summed E-state index contributed by atoms with van der Waals surface area (Å²) in [5, 5.41) is 12.4. The van der Waals surface area contributed by atoms with E-state index in [4.69, 9.17) is 9.47 Å². The number of benzene rings is 1. The van der Waals surface area contributed by atoms with Crippen LogP contribution in [0.2, 0.25) is 0 Å². The highest BCUT2D eigenvalue weighted by Crippen LogP contribution is 2.27. The molecular weight excluding hydrogens is 310 g/mol. The third kappa shape index (κ3) is 5.23. The monoisotopic (exact) mass is 335 g/mol. The predicted molar refractivity (Wildman–Crippen MR) is 89.2 cm³/mol. The van der Waals surface area contributed by atoms with Crippen molar-refractivity contribution in [2.45, 2.75) is 38.7 Å².